The molecule has 0 aliphatic carbocycles. The number of hydrogen-bond donors (Lipinski definition) is 1. The fourth-order valence-electron chi connectivity index (χ4n) is 4.73. The second kappa shape index (κ2) is 5.12. The molecule has 2 amide bonds. The van der Waals surface area contributed by atoms with Gasteiger partial charge in [-0.05, 0) is 24.5 Å². The molecule has 2 unspecified atom stereocenters. The van der Waals surface area contributed by atoms with Gasteiger partial charge in [0.1, 0.15) is 0 Å². The van der Waals surface area contributed by atoms with Crippen LogP contribution in [0.15, 0.2) is 18.2 Å². The van der Waals surface area contributed by atoms with Gasteiger partial charge in [0.05, 0.1) is 17.9 Å². The largest absolute Gasteiger partial charge is 0.471 e. The molecule has 4 rings (SSSR count). The summed E-state index contributed by atoms with van der Waals surface area (Å²) in [7, 11) is 0. The van der Waals surface area contributed by atoms with Crippen LogP contribution in [0.3, 0.4) is 0 Å². The van der Waals surface area contributed by atoms with E-state index in [1.807, 2.05) is 30.0 Å². The van der Waals surface area contributed by atoms with E-state index in [1.54, 1.807) is 0 Å². The van der Waals surface area contributed by atoms with E-state index in [2.05, 4.69) is 5.32 Å². The predicted molar refractivity (Wildman–Crippen MR) is 85.4 cm³/mol. The Morgan fingerprint density at radius 3 is 2.84 bits per heavy atom. The Morgan fingerprint density at radius 1 is 1.40 bits per heavy atom. The number of nitrogens with zero attached hydrogens (tertiary/aromatic N) is 2. The van der Waals surface area contributed by atoms with Crippen LogP contribution in [0.5, 0.6) is 0 Å². The van der Waals surface area contributed by atoms with Gasteiger partial charge in [0.15, 0.2) is 0 Å². The molecule has 0 spiro atoms. The van der Waals surface area contributed by atoms with Gasteiger partial charge in [-0.1, -0.05) is 19.1 Å². The van der Waals surface area contributed by atoms with E-state index < -0.39 is 17.5 Å². The first-order valence-electron chi connectivity index (χ1n) is 8.34. The van der Waals surface area contributed by atoms with Crippen molar-refractivity contribution in [1.82, 2.24) is 4.90 Å². The summed E-state index contributed by atoms with van der Waals surface area (Å²) in [4.78, 5) is 26.7. The maximum absolute atomic E-state index is 12.9. The average molecular weight is 353 g/mol. The van der Waals surface area contributed by atoms with Crippen LogP contribution >= 0.6 is 0 Å². The number of halogens is 3. The van der Waals surface area contributed by atoms with Gasteiger partial charge < -0.3 is 15.1 Å². The molecule has 3 aliphatic rings. The fraction of sp³-hybridized carbons (Fsp3) is 0.529. The van der Waals surface area contributed by atoms with Crippen LogP contribution in [0.25, 0.3) is 0 Å². The molecular formula is C17H18F3N3O2. The fourth-order valence-corrected chi connectivity index (χ4v) is 4.73. The molecule has 1 fully saturated rings. The quantitative estimate of drug-likeness (QED) is 0.843. The molecule has 1 saturated heterocycles. The van der Waals surface area contributed by atoms with Crippen molar-refractivity contribution >= 4 is 23.2 Å². The van der Waals surface area contributed by atoms with Gasteiger partial charge in [0, 0.05) is 24.5 Å². The lowest BCUT2D eigenvalue weighted by Gasteiger charge is -2.47. The first-order chi connectivity index (χ1) is 11.8. The second-order valence-corrected chi connectivity index (χ2v) is 6.92. The number of amides is 2. The summed E-state index contributed by atoms with van der Waals surface area (Å²) in [5.74, 6) is -1.90. The van der Waals surface area contributed by atoms with Crippen LogP contribution < -0.4 is 10.2 Å². The number of carbonyl (C=O) groups excluding carboxylic acids is 2. The lowest BCUT2D eigenvalue weighted by Crippen LogP contribution is -2.60. The van der Waals surface area contributed by atoms with E-state index in [0.29, 0.717) is 18.5 Å². The van der Waals surface area contributed by atoms with Gasteiger partial charge in [-0.25, -0.2) is 0 Å². The van der Waals surface area contributed by atoms with Gasteiger partial charge in [0.25, 0.3) is 0 Å². The third-order valence-corrected chi connectivity index (χ3v) is 5.77. The van der Waals surface area contributed by atoms with E-state index in [1.165, 1.54) is 0 Å². The van der Waals surface area contributed by atoms with Crippen molar-refractivity contribution in [3.63, 3.8) is 0 Å². The third kappa shape index (κ3) is 2.15. The molecule has 1 N–H and O–H groups in total. The number of alkyl halides is 3. The summed E-state index contributed by atoms with van der Waals surface area (Å²) < 4.78 is 38.7. The molecule has 8 heteroatoms. The molecule has 0 radical (unpaired) electrons. The number of rotatable bonds is 1. The summed E-state index contributed by atoms with van der Waals surface area (Å²) in [6.07, 6.45) is -3.85. The highest BCUT2D eigenvalue weighted by molar-refractivity contribution is 6.03. The number of nitrogens with one attached hydrogen (secondary N) is 1. The van der Waals surface area contributed by atoms with Crippen LogP contribution in [0.1, 0.15) is 25.3 Å². The Labute approximate surface area is 142 Å². The van der Waals surface area contributed by atoms with Gasteiger partial charge in [-0.3, -0.25) is 9.59 Å². The molecule has 1 aromatic carbocycles. The minimum Gasteiger partial charge on any atom is -0.356 e. The first kappa shape index (κ1) is 16.2. The Bertz CT molecular complexity index is 764. The maximum atomic E-state index is 12.9. The predicted octanol–water partition coefficient (Wildman–Crippen LogP) is 2.27. The Hall–Kier alpha value is -2.25. The van der Waals surface area contributed by atoms with Crippen molar-refractivity contribution in [1.29, 1.82) is 0 Å². The smallest absolute Gasteiger partial charge is 0.356 e. The monoisotopic (exact) mass is 353 g/mol. The number of fused-ring (bicyclic) bond motifs is 3. The number of hydrogen-bond acceptors (Lipinski definition) is 3. The second-order valence-electron chi connectivity index (χ2n) is 6.92. The van der Waals surface area contributed by atoms with Crippen molar-refractivity contribution in [2.75, 3.05) is 29.9 Å². The van der Waals surface area contributed by atoms with E-state index >= 15 is 0 Å². The van der Waals surface area contributed by atoms with Gasteiger partial charge in [-0.2, -0.15) is 13.2 Å². The van der Waals surface area contributed by atoms with E-state index in [9.17, 15) is 22.8 Å². The number of para-hydroxylation sites is 1. The lowest BCUT2D eigenvalue weighted by atomic mass is 9.70. The minimum atomic E-state index is -4.86. The SMILES string of the molecule is CCC12CN(C(=O)C(F)(F)F)CCC1N1CC(=O)Nc3cccc2c31. The van der Waals surface area contributed by atoms with Crippen molar-refractivity contribution in [3.05, 3.63) is 23.8 Å². The van der Waals surface area contributed by atoms with Crippen molar-refractivity contribution in [2.45, 2.75) is 37.4 Å². The van der Waals surface area contributed by atoms with Gasteiger partial charge in [-0.15, -0.1) is 0 Å². The summed E-state index contributed by atoms with van der Waals surface area (Å²) in [5, 5.41) is 2.84. The molecule has 2 atom stereocenters. The zero-order valence-corrected chi connectivity index (χ0v) is 13.7. The van der Waals surface area contributed by atoms with Crippen molar-refractivity contribution in [3.8, 4) is 0 Å². The minimum absolute atomic E-state index is 0.0215. The molecule has 134 valence electrons. The molecule has 1 aromatic rings. The van der Waals surface area contributed by atoms with Crippen LogP contribution in [0.2, 0.25) is 0 Å². The van der Waals surface area contributed by atoms with Crippen LogP contribution in [0.4, 0.5) is 24.5 Å². The van der Waals surface area contributed by atoms with Crippen LogP contribution in [-0.4, -0.2) is 48.6 Å². The maximum Gasteiger partial charge on any atom is 0.471 e. The molecule has 0 aromatic heterocycles. The highest BCUT2D eigenvalue weighted by atomic mass is 19.4. The third-order valence-electron chi connectivity index (χ3n) is 5.77. The molecule has 3 heterocycles. The summed E-state index contributed by atoms with van der Waals surface area (Å²) in [5.41, 5.74) is 1.94. The van der Waals surface area contributed by atoms with Crippen molar-refractivity contribution < 1.29 is 22.8 Å². The molecule has 0 saturated carbocycles. The van der Waals surface area contributed by atoms with Gasteiger partial charge >= 0.3 is 12.1 Å². The first-order valence-corrected chi connectivity index (χ1v) is 8.34. The number of benzene rings is 1. The van der Waals surface area contributed by atoms with E-state index in [4.69, 9.17) is 0 Å². The standard InChI is InChI=1S/C17H18F3N3O2/c1-2-16-9-22(15(25)17(18,19)20)7-6-12(16)23-8-13(24)21-11-5-3-4-10(16)14(11)23/h3-5,12H,2,6-9H2,1H3,(H,21,24). The zero-order valence-electron chi connectivity index (χ0n) is 13.7. The Morgan fingerprint density at radius 2 is 2.16 bits per heavy atom. The summed E-state index contributed by atoms with van der Waals surface area (Å²) in [6.45, 7) is 2.20. The molecule has 3 aliphatic heterocycles. The van der Waals surface area contributed by atoms with Gasteiger partial charge in [0.2, 0.25) is 5.91 Å². The number of likely N-dealkylation sites (tertiary alicyclic amines) is 1. The molecule has 0 bridgehead atoms. The zero-order chi connectivity index (χ0) is 18.0. The highest BCUT2D eigenvalue weighted by Crippen LogP contribution is 2.54. The van der Waals surface area contributed by atoms with Crippen molar-refractivity contribution in [2.24, 2.45) is 0 Å². The number of anilines is 2. The average Bonchev–Trinajstić information content (AvgIpc) is 2.85. The molecule has 5 nitrogen and oxygen atoms in total. The lowest BCUT2D eigenvalue weighted by molar-refractivity contribution is -0.187. The van der Waals surface area contributed by atoms with E-state index in [-0.39, 0.29) is 31.6 Å². The summed E-state index contributed by atoms with van der Waals surface area (Å²) >= 11 is 0. The topological polar surface area (TPSA) is 52.7 Å². The number of carbonyl (C=O) groups is 2. The molecule has 25 heavy (non-hydrogen) atoms. The number of piperidine rings is 1. The molecular weight excluding hydrogens is 335 g/mol. The normalized spacial score (nSPS) is 27.7. The van der Waals surface area contributed by atoms with E-state index in [0.717, 1.165) is 16.2 Å². The Balaban J connectivity index is 1.79. The summed E-state index contributed by atoms with van der Waals surface area (Å²) in [6, 6.07) is 5.45. The van der Waals surface area contributed by atoms with Crippen LogP contribution in [-0.2, 0) is 15.0 Å². The Kier molecular flexibility index (Phi) is 3.33. The highest BCUT2D eigenvalue weighted by Gasteiger charge is 2.57. The van der Waals surface area contributed by atoms with Crippen LogP contribution in [0, 0.1) is 0 Å².